The number of aliphatic hydroxyl groups is 1. The quantitative estimate of drug-likeness (QED) is 0.223. The minimum Gasteiger partial charge on any atom is -0.507 e. The van der Waals surface area contributed by atoms with E-state index in [1.54, 1.807) is 48.5 Å². The Kier molecular flexibility index (Phi) is 5.55. The van der Waals surface area contributed by atoms with E-state index in [2.05, 4.69) is 4.98 Å². The van der Waals surface area contributed by atoms with Crippen LogP contribution in [-0.2, 0) is 9.59 Å². The monoisotopic (exact) mass is 494 g/mol. The molecule has 3 aromatic carbocycles. The molecule has 0 bridgehead atoms. The lowest BCUT2D eigenvalue weighted by Crippen LogP contribution is -2.29. The molecule has 2 heterocycles. The van der Waals surface area contributed by atoms with Crippen molar-refractivity contribution >= 4 is 55.7 Å². The van der Waals surface area contributed by atoms with Gasteiger partial charge in [-0.2, -0.15) is 0 Å². The number of aliphatic hydroxyl groups excluding tert-OH is 1. The first-order valence-electron chi connectivity index (χ1n) is 10.1. The van der Waals surface area contributed by atoms with Gasteiger partial charge >= 0.3 is 5.91 Å². The van der Waals surface area contributed by atoms with Crippen LogP contribution >= 0.6 is 22.9 Å². The molecule has 1 atom stereocenters. The van der Waals surface area contributed by atoms with Crippen LogP contribution in [0.3, 0.4) is 0 Å². The number of methoxy groups -OCH3 is 1. The number of carbonyl (C=O) groups excluding carboxylic acids is 2. The average molecular weight is 495 g/mol. The van der Waals surface area contributed by atoms with Gasteiger partial charge in [0.15, 0.2) is 5.13 Å². The minimum atomic E-state index is -0.954. The molecule has 1 aliphatic rings. The number of hydrogen-bond donors (Lipinski definition) is 1. The van der Waals surface area contributed by atoms with E-state index >= 15 is 0 Å². The molecule has 5 rings (SSSR count). The van der Waals surface area contributed by atoms with Gasteiger partial charge in [-0.15, -0.1) is 0 Å². The molecule has 1 saturated heterocycles. The van der Waals surface area contributed by atoms with Gasteiger partial charge in [0, 0.05) is 10.6 Å². The van der Waals surface area contributed by atoms with Crippen molar-refractivity contribution in [3.05, 3.63) is 94.3 Å². The number of ether oxygens (including phenoxy) is 1. The maximum absolute atomic E-state index is 13.7. The third kappa shape index (κ3) is 3.70. The molecule has 0 spiro atoms. The highest BCUT2D eigenvalue weighted by Crippen LogP contribution is 2.44. The standard InChI is InChI=1S/C25H16ClFN2O4S/c1-33-17-9-4-14(5-10-17)22(30)20-21(13-2-6-15(26)7-3-13)29(24(32)23(20)31)25-28-18-11-8-16(27)12-19(18)34-25/h2-12,21,30H,1H3/t21-/m0/s1. The van der Waals surface area contributed by atoms with Crippen molar-refractivity contribution in [3.8, 4) is 5.75 Å². The van der Waals surface area contributed by atoms with E-state index in [0.717, 1.165) is 11.3 Å². The molecule has 170 valence electrons. The molecule has 0 saturated carbocycles. The first kappa shape index (κ1) is 22.1. The van der Waals surface area contributed by atoms with E-state index in [0.29, 0.717) is 32.1 Å². The van der Waals surface area contributed by atoms with E-state index in [4.69, 9.17) is 16.3 Å². The predicted octanol–water partition coefficient (Wildman–Crippen LogP) is 5.72. The second-order valence-corrected chi connectivity index (χ2v) is 9.00. The third-order valence-electron chi connectivity index (χ3n) is 5.54. The largest absolute Gasteiger partial charge is 0.507 e. The number of ketones is 1. The summed E-state index contributed by atoms with van der Waals surface area (Å²) in [4.78, 5) is 32.1. The zero-order chi connectivity index (χ0) is 24.0. The fourth-order valence-corrected chi connectivity index (χ4v) is 5.03. The fourth-order valence-electron chi connectivity index (χ4n) is 3.88. The van der Waals surface area contributed by atoms with Crippen molar-refractivity contribution in [1.29, 1.82) is 0 Å². The van der Waals surface area contributed by atoms with Crippen molar-refractivity contribution in [2.24, 2.45) is 0 Å². The van der Waals surface area contributed by atoms with Crippen LogP contribution in [-0.4, -0.2) is 28.9 Å². The number of nitrogens with zero attached hydrogens (tertiary/aromatic N) is 2. The summed E-state index contributed by atoms with van der Waals surface area (Å²) in [6.45, 7) is 0. The van der Waals surface area contributed by atoms with Gasteiger partial charge in [-0.05, 0) is 60.2 Å². The molecule has 1 N–H and O–H groups in total. The molecule has 1 amide bonds. The van der Waals surface area contributed by atoms with Crippen molar-refractivity contribution in [3.63, 3.8) is 0 Å². The summed E-state index contributed by atoms with van der Waals surface area (Å²) in [6, 6.07) is 16.3. The number of aromatic nitrogens is 1. The molecule has 1 fully saturated rings. The number of amides is 1. The average Bonchev–Trinajstić information content (AvgIpc) is 3.37. The predicted molar refractivity (Wildman–Crippen MR) is 129 cm³/mol. The number of fused-ring (bicyclic) bond motifs is 1. The number of hydrogen-bond acceptors (Lipinski definition) is 6. The molecule has 4 aromatic rings. The first-order chi connectivity index (χ1) is 16.4. The number of rotatable bonds is 4. The van der Waals surface area contributed by atoms with E-state index < -0.39 is 23.5 Å². The van der Waals surface area contributed by atoms with E-state index in [1.807, 2.05) is 0 Å². The van der Waals surface area contributed by atoms with Crippen molar-refractivity contribution in [1.82, 2.24) is 4.98 Å². The topological polar surface area (TPSA) is 79.7 Å². The second-order valence-electron chi connectivity index (χ2n) is 7.56. The summed E-state index contributed by atoms with van der Waals surface area (Å²) in [5.74, 6) is -1.87. The van der Waals surface area contributed by atoms with Gasteiger partial charge in [0.25, 0.3) is 5.78 Å². The minimum absolute atomic E-state index is 0.0806. The van der Waals surface area contributed by atoms with E-state index in [1.165, 1.54) is 30.2 Å². The Bertz CT molecular complexity index is 1460. The lowest BCUT2D eigenvalue weighted by Gasteiger charge is -2.23. The highest BCUT2D eigenvalue weighted by molar-refractivity contribution is 7.22. The Morgan fingerprint density at radius 2 is 1.79 bits per heavy atom. The zero-order valence-corrected chi connectivity index (χ0v) is 19.2. The molecule has 34 heavy (non-hydrogen) atoms. The lowest BCUT2D eigenvalue weighted by molar-refractivity contribution is -0.132. The summed E-state index contributed by atoms with van der Waals surface area (Å²) < 4.78 is 19.4. The van der Waals surface area contributed by atoms with Crippen LogP contribution in [0, 0.1) is 5.82 Å². The van der Waals surface area contributed by atoms with Crippen LogP contribution in [0.5, 0.6) is 5.75 Å². The number of Topliss-reactive ketones (excluding diaryl/α,β-unsaturated/α-hetero) is 1. The number of anilines is 1. The van der Waals surface area contributed by atoms with Crippen LogP contribution in [0.15, 0.2) is 72.3 Å². The van der Waals surface area contributed by atoms with E-state index in [9.17, 15) is 19.1 Å². The summed E-state index contributed by atoms with van der Waals surface area (Å²) in [6.07, 6.45) is 0. The SMILES string of the molecule is COc1ccc(C(O)=C2C(=O)C(=O)N(c3nc4ccc(F)cc4s3)[C@H]2c2ccc(Cl)cc2)cc1. The maximum atomic E-state index is 13.7. The normalized spacial score (nSPS) is 17.5. The molecule has 0 aliphatic carbocycles. The van der Waals surface area contributed by atoms with Gasteiger partial charge < -0.3 is 9.84 Å². The number of benzene rings is 3. The highest BCUT2D eigenvalue weighted by Gasteiger charge is 2.48. The van der Waals surface area contributed by atoms with Crippen LogP contribution in [0.25, 0.3) is 16.0 Å². The fraction of sp³-hybridized carbons (Fsp3) is 0.0800. The van der Waals surface area contributed by atoms with Crippen LogP contribution < -0.4 is 9.64 Å². The maximum Gasteiger partial charge on any atom is 0.301 e. The molecular formula is C25H16ClFN2O4S. The summed E-state index contributed by atoms with van der Waals surface area (Å²) in [5, 5.41) is 11.8. The Labute approximate surface area is 202 Å². The van der Waals surface area contributed by atoms with Gasteiger partial charge in [0.05, 0.1) is 28.9 Å². The van der Waals surface area contributed by atoms with Gasteiger partial charge in [-0.3, -0.25) is 14.5 Å². The molecule has 9 heteroatoms. The van der Waals surface area contributed by atoms with Crippen LogP contribution in [0.4, 0.5) is 9.52 Å². The zero-order valence-electron chi connectivity index (χ0n) is 17.7. The number of carbonyl (C=O) groups is 2. The second kappa shape index (κ2) is 8.55. The van der Waals surface area contributed by atoms with Gasteiger partial charge in [-0.25, -0.2) is 9.37 Å². The molecule has 0 radical (unpaired) electrons. The van der Waals surface area contributed by atoms with Crippen LogP contribution in [0.2, 0.25) is 5.02 Å². The lowest BCUT2D eigenvalue weighted by atomic mass is 9.95. The molecular weight excluding hydrogens is 479 g/mol. The van der Waals surface area contributed by atoms with Crippen molar-refractivity contribution in [2.45, 2.75) is 6.04 Å². The molecule has 0 unspecified atom stereocenters. The summed E-state index contributed by atoms with van der Waals surface area (Å²) in [7, 11) is 1.52. The first-order valence-corrected chi connectivity index (χ1v) is 11.3. The van der Waals surface area contributed by atoms with Crippen LogP contribution in [0.1, 0.15) is 17.2 Å². The smallest absolute Gasteiger partial charge is 0.301 e. The van der Waals surface area contributed by atoms with Crippen molar-refractivity contribution in [2.75, 3.05) is 12.0 Å². The van der Waals surface area contributed by atoms with E-state index in [-0.39, 0.29) is 16.5 Å². The Balaban J connectivity index is 1.71. The highest BCUT2D eigenvalue weighted by atomic mass is 35.5. The van der Waals surface area contributed by atoms with Gasteiger partial charge in [0.2, 0.25) is 0 Å². The summed E-state index contributed by atoms with van der Waals surface area (Å²) in [5.41, 5.74) is 1.32. The molecule has 1 aliphatic heterocycles. The third-order valence-corrected chi connectivity index (χ3v) is 6.81. The molecule has 6 nitrogen and oxygen atoms in total. The Hall–Kier alpha value is -3.75. The van der Waals surface area contributed by atoms with Gasteiger partial charge in [-0.1, -0.05) is 35.1 Å². The Morgan fingerprint density at radius 3 is 2.47 bits per heavy atom. The summed E-state index contributed by atoms with van der Waals surface area (Å²) >= 11 is 7.14. The van der Waals surface area contributed by atoms with Crippen molar-refractivity contribution < 1.29 is 23.8 Å². The number of halogens is 2. The Morgan fingerprint density at radius 1 is 1.09 bits per heavy atom. The number of thiazole rings is 1. The molecule has 1 aromatic heterocycles. The van der Waals surface area contributed by atoms with Gasteiger partial charge in [0.1, 0.15) is 17.3 Å².